The van der Waals surface area contributed by atoms with Crippen molar-refractivity contribution in [3.05, 3.63) is 16.3 Å². The summed E-state index contributed by atoms with van der Waals surface area (Å²) < 4.78 is 27.8. The average molecular weight is 317 g/mol. The summed E-state index contributed by atoms with van der Waals surface area (Å²) in [6, 6.07) is 1.76. The van der Waals surface area contributed by atoms with E-state index in [4.69, 9.17) is 0 Å². The van der Waals surface area contributed by atoms with Gasteiger partial charge in [-0.05, 0) is 51.0 Å². The van der Waals surface area contributed by atoms with Crippen LogP contribution in [0.4, 0.5) is 0 Å². The predicted molar refractivity (Wildman–Crippen MR) is 82.5 cm³/mol. The van der Waals surface area contributed by atoms with Gasteiger partial charge < -0.3 is 10.2 Å². The molecule has 0 atom stereocenters. The van der Waals surface area contributed by atoms with Gasteiger partial charge in [-0.2, -0.15) is 0 Å². The van der Waals surface area contributed by atoms with Crippen LogP contribution >= 0.6 is 11.3 Å². The van der Waals surface area contributed by atoms with Gasteiger partial charge in [0.05, 0.1) is 4.90 Å². The minimum atomic E-state index is -3.39. The summed E-state index contributed by atoms with van der Waals surface area (Å²) in [5, 5.41) is 5.03. The highest BCUT2D eigenvalue weighted by Crippen LogP contribution is 2.23. The summed E-state index contributed by atoms with van der Waals surface area (Å²) in [5.74, 6) is 0. The highest BCUT2D eigenvalue weighted by molar-refractivity contribution is 7.89. The van der Waals surface area contributed by atoms with Crippen molar-refractivity contribution in [2.75, 3.05) is 26.7 Å². The summed E-state index contributed by atoms with van der Waals surface area (Å²) in [4.78, 5) is 3.54. The number of hydrogen-bond donors (Lipinski definition) is 2. The van der Waals surface area contributed by atoms with Crippen LogP contribution in [-0.4, -0.2) is 46.0 Å². The fourth-order valence-corrected chi connectivity index (χ4v) is 5.06. The third-order valence-corrected chi connectivity index (χ3v) is 6.23. The van der Waals surface area contributed by atoms with Gasteiger partial charge in [0.2, 0.25) is 10.0 Å². The molecule has 2 rings (SSSR count). The Bertz CT molecular complexity index is 519. The van der Waals surface area contributed by atoms with E-state index in [1.165, 1.54) is 11.3 Å². The molecule has 2 heterocycles. The van der Waals surface area contributed by atoms with E-state index in [0.29, 0.717) is 11.4 Å². The maximum atomic E-state index is 12.5. The van der Waals surface area contributed by atoms with E-state index in [1.807, 2.05) is 12.3 Å². The zero-order valence-corrected chi connectivity index (χ0v) is 13.7. The number of hydrogen-bond acceptors (Lipinski definition) is 5. The molecule has 0 radical (unpaired) electrons. The Morgan fingerprint density at radius 1 is 1.40 bits per heavy atom. The Kier molecular flexibility index (Phi) is 5.57. The molecule has 20 heavy (non-hydrogen) atoms. The van der Waals surface area contributed by atoms with Crippen molar-refractivity contribution in [3.8, 4) is 0 Å². The van der Waals surface area contributed by atoms with Crippen LogP contribution in [0, 0.1) is 0 Å². The lowest BCUT2D eigenvalue weighted by atomic mass is 10.1. The van der Waals surface area contributed by atoms with Gasteiger partial charge in [-0.1, -0.05) is 6.92 Å². The van der Waals surface area contributed by atoms with Crippen LogP contribution in [0.25, 0.3) is 0 Å². The molecular formula is C13H23N3O2S2. The van der Waals surface area contributed by atoms with Crippen molar-refractivity contribution < 1.29 is 8.42 Å². The smallest absolute Gasteiger partial charge is 0.241 e. The first-order chi connectivity index (χ1) is 9.53. The van der Waals surface area contributed by atoms with Crippen molar-refractivity contribution in [1.29, 1.82) is 0 Å². The molecule has 1 aliphatic rings. The maximum Gasteiger partial charge on any atom is 0.241 e. The summed E-state index contributed by atoms with van der Waals surface area (Å²) in [6.45, 7) is 5.35. The zero-order chi connectivity index (χ0) is 14.6. The Labute approximate surface area is 125 Å². The standard InChI is InChI=1S/C13H23N3O2S2/c1-3-14-10-12-13(6-9-19-12)20(17,18)15-11-4-7-16(2)8-5-11/h6,9,11,14-15H,3-5,7-8,10H2,1-2H3. The molecule has 0 spiro atoms. The number of likely N-dealkylation sites (tertiary alicyclic amines) is 1. The van der Waals surface area contributed by atoms with Gasteiger partial charge in [-0.3, -0.25) is 0 Å². The first-order valence-electron chi connectivity index (χ1n) is 7.01. The lowest BCUT2D eigenvalue weighted by Crippen LogP contribution is -2.43. The van der Waals surface area contributed by atoms with E-state index < -0.39 is 10.0 Å². The van der Waals surface area contributed by atoms with Gasteiger partial charge >= 0.3 is 0 Å². The van der Waals surface area contributed by atoms with Crippen molar-refractivity contribution in [2.45, 2.75) is 37.2 Å². The number of nitrogens with one attached hydrogen (secondary N) is 2. The monoisotopic (exact) mass is 317 g/mol. The first kappa shape index (κ1) is 15.9. The molecule has 7 heteroatoms. The van der Waals surface area contributed by atoms with Gasteiger partial charge in [0.25, 0.3) is 0 Å². The fraction of sp³-hybridized carbons (Fsp3) is 0.692. The molecule has 0 unspecified atom stereocenters. The Hall–Kier alpha value is -0.470. The SMILES string of the molecule is CCNCc1sccc1S(=O)(=O)NC1CCN(C)CC1. The molecule has 0 bridgehead atoms. The second-order valence-electron chi connectivity index (χ2n) is 5.19. The Balaban J connectivity index is 2.04. The predicted octanol–water partition coefficient (Wildman–Crippen LogP) is 1.23. The molecule has 1 aromatic rings. The first-order valence-corrected chi connectivity index (χ1v) is 9.37. The Morgan fingerprint density at radius 2 is 2.10 bits per heavy atom. The van der Waals surface area contributed by atoms with Crippen molar-refractivity contribution in [3.63, 3.8) is 0 Å². The third kappa shape index (κ3) is 4.02. The van der Waals surface area contributed by atoms with Crippen LogP contribution in [-0.2, 0) is 16.6 Å². The van der Waals surface area contributed by atoms with Gasteiger partial charge in [-0.25, -0.2) is 13.1 Å². The molecule has 1 fully saturated rings. The van der Waals surface area contributed by atoms with Crippen LogP contribution in [0.2, 0.25) is 0 Å². The van der Waals surface area contributed by atoms with Crippen LogP contribution in [0.15, 0.2) is 16.3 Å². The van der Waals surface area contributed by atoms with Crippen LogP contribution in [0.3, 0.4) is 0 Å². The van der Waals surface area contributed by atoms with Crippen molar-refractivity contribution >= 4 is 21.4 Å². The van der Waals surface area contributed by atoms with E-state index in [9.17, 15) is 8.42 Å². The van der Waals surface area contributed by atoms with Crippen LogP contribution < -0.4 is 10.0 Å². The van der Waals surface area contributed by atoms with E-state index in [1.54, 1.807) is 6.07 Å². The van der Waals surface area contributed by atoms with Gasteiger partial charge in [-0.15, -0.1) is 11.3 Å². The van der Waals surface area contributed by atoms with Gasteiger partial charge in [0.15, 0.2) is 0 Å². The zero-order valence-electron chi connectivity index (χ0n) is 12.1. The average Bonchev–Trinajstić information content (AvgIpc) is 2.88. The molecule has 1 aliphatic heterocycles. The molecule has 1 aromatic heterocycles. The lowest BCUT2D eigenvalue weighted by Gasteiger charge is -2.29. The second kappa shape index (κ2) is 7.00. The molecule has 2 N–H and O–H groups in total. The fourth-order valence-electron chi connectivity index (χ4n) is 2.35. The number of sulfonamides is 1. The summed E-state index contributed by atoms with van der Waals surface area (Å²) >= 11 is 1.49. The molecule has 1 saturated heterocycles. The molecule has 0 saturated carbocycles. The van der Waals surface area contributed by atoms with E-state index in [0.717, 1.165) is 37.4 Å². The summed E-state index contributed by atoms with van der Waals surface area (Å²) in [6.07, 6.45) is 1.75. The molecule has 0 aromatic carbocycles. The topological polar surface area (TPSA) is 61.4 Å². The van der Waals surface area contributed by atoms with Crippen LogP contribution in [0.5, 0.6) is 0 Å². The third-order valence-electron chi connectivity index (χ3n) is 3.57. The molecule has 5 nitrogen and oxygen atoms in total. The van der Waals surface area contributed by atoms with Crippen molar-refractivity contribution in [2.24, 2.45) is 0 Å². The summed E-state index contributed by atoms with van der Waals surface area (Å²) in [7, 11) is -1.33. The van der Waals surface area contributed by atoms with Crippen LogP contribution in [0.1, 0.15) is 24.6 Å². The normalized spacial score (nSPS) is 18.5. The maximum absolute atomic E-state index is 12.5. The van der Waals surface area contributed by atoms with E-state index >= 15 is 0 Å². The van der Waals surface area contributed by atoms with E-state index in [-0.39, 0.29) is 6.04 Å². The highest BCUT2D eigenvalue weighted by atomic mass is 32.2. The second-order valence-corrected chi connectivity index (χ2v) is 7.87. The molecular weight excluding hydrogens is 294 g/mol. The molecule has 0 aliphatic carbocycles. The largest absolute Gasteiger partial charge is 0.312 e. The minimum Gasteiger partial charge on any atom is -0.312 e. The van der Waals surface area contributed by atoms with E-state index in [2.05, 4.69) is 22.0 Å². The lowest BCUT2D eigenvalue weighted by molar-refractivity contribution is 0.248. The molecule has 114 valence electrons. The van der Waals surface area contributed by atoms with Gasteiger partial charge in [0.1, 0.15) is 0 Å². The number of rotatable bonds is 6. The highest BCUT2D eigenvalue weighted by Gasteiger charge is 2.25. The summed E-state index contributed by atoms with van der Waals surface area (Å²) in [5.41, 5.74) is 0. The quantitative estimate of drug-likeness (QED) is 0.828. The molecule has 0 amide bonds. The Morgan fingerprint density at radius 3 is 2.75 bits per heavy atom. The van der Waals surface area contributed by atoms with Gasteiger partial charge in [0, 0.05) is 17.5 Å². The number of thiophene rings is 1. The minimum absolute atomic E-state index is 0.0584. The number of nitrogens with zero attached hydrogens (tertiary/aromatic N) is 1. The number of piperidine rings is 1. The van der Waals surface area contributed by atoms with Crippen molar-refractivity contribution in [1.82, 2.24) is 14.9 Å².